The fraction of sp³-hybridized carbons (Fsp3) is 0.385. The lowest BCUT2D eigenvalue weighted by atomic mass is 10.1. The van der Waals surface area contributed by atoms with Crippen LogP contribution in [0, 0.1) is 19.7 Å². The molecule has 2 heterocycles. The zero-order valence-electron chi connectivity index (χ0n) is 19.8. The molecule has 3 aromatic rings. The Morgan fingerprint density at radius 1 is 1.09 bits per heavy atom. The van der Waals surface area contributed by atoms with Gasteiger partial charge in [-0.3, -0.25) is 9.69 Å². The normalized spacial score (nSPS) is 14.6. The minimum Gasteiger partial charge on any atom is -0.493 e. The molecule has 0 aliphatic carbocycles. The number of hydrogen-bond acceptors (Lipinski definition) is 6. The van der Waals surface area contributed by atoms with Gasteiger partial charge in [0.15, 0.2) is 11.5 Å². The van der Waals surface area contributed by atoms with Crippen molar-refractivity contribution in [1.29, 1.82) is 0 Å². The Hall–Kier alpha value is -3.39. The number of nitrogens with zero attached hydrogens (tertiary/aromatic N) is 3. The van der Waals surface area contributed by atoms with Crippen LogP contribution in [0.3, 0.4) is 0 Å². The van der Waals surface area contributed by atoms with Gasteiger partial charge in [0.2, 0.25) is 0 Å². The van der Waals surface area contributed by atoms with Crippen LogP contribution in [0.5, 0.6) is 11.5 Å². The first kappa shape index (κ1) is 23.8. The summed E-state index contributed by atoms with van der Waals surface area (Å²) in [6.07, 6.45) is 0.829. The number of aromatic nitrogens is 1. The van der Waals surface area contributed by atoms with Gasteiger partial charge in [-0.1, -0.05) is 23.4 Å². The fourth-order valence-corrected chi connectivity index (χ4v) is 4.16. The highest BCUT2D eigenvalue weighted by atomic mass is 19.1. The number of carbonyl (C=O) groups is 1. The first-order valence-corrected chi connectivity index (χ1v) is 11.4. The zero-order chi connectivity index (χ0) is 24.1. The molecule has 8 heteroatoms. The van der Waals surface area contributed by atoms with Crippen LogP contribution in [-0.2, 0) is 13.2 Å². The molecule has 34 heavy (non-hydrogen) atoms. The van der Waals surface area contributed by atoms with Crippen LogP contribution in [0.1, 0.15) is 39.4 Å². The van der Waals surface area contributed by atoms with Crippen LogP contribution in [0.4, 0.5) is 4.39 Å². The van der Waals surface area contributed by atoms with Gasteiger partial charge < -0.3 is 18.9 Å². The van der Waals surface area contributed by atoms with Crippen molar-refractivity contribution in [3.8, 4) is 11.5 Å². The number of rotatable bonds is 7. The number of carbonyl (C=O) groups excluding carboxylic acids is 1. The third-order valence-electron chi connectivity index (χ3n) is 6.19. The van der Waals surface area contributed by atoms with E-state index in [-0.39, 0.29) is 11.7 Å². The molecule has 0 bridgehead atoms. The molecule has 1 aliphatic heterocycles. The molecule has 0 spiro atoms. The molecule has 0 saturated carbocycles. The van der Waals surface area contributed by atoms with Crippen molar-refractivity contribution in [3.05, 3.63) is 76.4 Å². The van der Waals surface area contributed by atoms with Gasteiger partial charge in [-0.25, -0.2) is 4.39 Å². The van der Waals surface area contributed by atoms with Crippen molar-refractivity contribution in [1.82, 2.24) is 15.0 Å². The molecule has 180 valence electrons. The molecule has 0 atom stereocenters. The quantitative estimate of drug-likeness (QED) is 0.514. The van der Waals surface area contributed by atoms with E-state index in [4.69, 9.17) is 14.0 Å². The van der Waals surface area contributed by atoms with Gasteiger partial charge in [-0.15, -0.1) is 0 Å². The first-order chi connectivity index (χ1) is 16.5. The molecule has 1 aromatic heterocycles. The standard InChI is InChI=1S/C26H30FN3O4/c1-18-22(19(2)34-28-18)17-33-24-10-9-20(15-25(24)32-3)26(31)30-12-6-11-29(13-14-30)16-21-7-4-5-8-23(21)27/h4-5,7-10,15H,6,11-14,16-17H2,1-3H3. The summed E-state index contributed by atoms with van der Waals surface area (Å²) >= 11 is 0. The van der Waals surface area contributed by atoms with E-state index < -0.39 is 0 Å². The summed E-state index contributed by atoms with van der Waals surface area (Å²) in [5.41, 5.74) is 2.91. The Kier molecular flexibility index (Phi) is 7.47. The Balaban J connectivity index is 1.39. The third-order valence-corrected chi connectivity index (χ3v) is 6.19. The summed E-state index contributed by atoms with van der Waals surface area (Å²) in [6.45, 7) is 7.29. The van der Waals surface area contributed by atoms with Crippen LogP contribution < -0.4 is 9.47 Å². The minimum absolute atomic E-state index is 0.0525. The monoisotopic (exact) mass is 467 g/mol. The maximum Gasteiger partial charge on any atom is 0.254 e. The Morgan fingerprint density at radius 2 is 1.91 bits per heavy atom. The number of ether oxygens (including phenoxy) is 2. The first-order valence-electron chi connectivity index (χ1n) is 11.4. The van der Waals surface area contributed by atoms with Crippen molar-refractivity contribution in [3.63, 3.8) is 0 Å². The summed E-state index contributed by atoms with van der Waals surface area (Å²) in [5.74, 6) is 1.51. The van der Waals surface area contributed by atoms with Gasteiger partial charge >= 0.3 is 0 Å². The lowest BCUT2D eigenvalue weighted by molar-refractivity contribution is 0.0760. The van der Waals surface area contributed by atoms with Crippen molar-refractivity contribution in [2.75, 3.05) is 33.3 Å². The largest absolute Gasteiger partial charge is 0.493 e. The molecule has 1 amide bonds. The molecule has 0 N–H and O–H groups in total. The van der Waals surface area contributed by atoms with Crippen LogP contribution >= 0.6 is 0 Å². The van der Waals surface area contributed by atoms with E-state index in [0.29, 0.717) is 61.2 Å². The SMILES string of the molecule is COc1cc(C(=O)N2CCCN(Cc3ccccc3F)CC2)ccc1OCc1c(C)noc1C. The highest BCUT2D eigenvalue weighted by molar-refractivity contribution is 5.95. The number of hydrogen-bond donors (Lipinski definition) is 0. The van der Waals surface area contributed by atoms with Gasteiger partial charge in [0, 0.05) is 43.9 Å². The number of methoxy groups -OCH3 is 1. The molecule has 2 aromatic carbocycles. The van der Waals surface area contributed by atoms with Gasteiger partial charge in [0.05, 0.1) is 18.4 Å². The maximum absolute atomic E-state index is 14.0. The van der Waals surface area contributed by atoms with E-state index in [1.54, 1.807) is 31.4 Å². The number of halogens is 1. The molecule has 1 fully saturated rings. The van der Waals surface area contributed by atoms with Crippen LogP contribution in [0.2, 0.25) is 0 Å². The van der Waals surface area contributed by atoms with Gasteiger partial charge in [-0.05, 0) is 44.5 Å². The van der Waals surface area contributed by atoms with Crippen LogP contribution in [-0.4, -0.2) is 54.2 Å². The van der Waals surface area contributed by atoms with Gasteiger partial charge in [-0.2, -0.15) is 0 Å². The summed E-state index contributed by atoms with van der Waals surface area (Å²) in [6, 6.07) is 12.1. The highest BCUT2D eigenvalue weighted by Crippen LogP contribution is 2.30. The Labute approximate surface area is 199 Å². The Bertz CT molecular complexity index is 1130. The van der Waals surface area contributed by atoms with Crippen molar-refractivity contribution in [2.45, 2.75) is 33.4 Å². The Morgan fingerprint density at radius 3 is 2.65 bits per heavy atom. The fourth-order valence-electron chi connectivity index (χ4n) is 4.16. The van der Waals surface area contributed by atoms with Gasteiger partial charge in [0.1, 0.15) is 18.2 Å². The third kappa shape index (κ3) is 5.39. The summed E-state index contributed by atoms with van der Waals surface area (Å²) < 4.78 is 30.6. The van der Waals surface area contributed by atoms with E-state index in [2.05, 4.69) is 10.1 Å². The molecule has 1 aliphatic rings. The predicted octanol–water partition coefficient (Wildman–Crippen LogP) is 4.37. The summed E-state index contributed by atoms with van der Waals surface area (Å²) in [7, 11) is 1.55. The molecular weight excluding hydrogens is 437 g/mol. The smallest absolute Gasteiger partial charge is 0.254 e. The molecular formula is C26H30FN3O4. The van der Waals surface area contributed by atoms with E-state index in [1.807, 2.05) is 30.9 Å². The topological polar surface area (TPSA) is 68.0 Å². The lowest BCUT2D eigenvalue weighted by Gasteiger charge is -2.22. The van der Waals surface area contributed by atoms with E-state index in [9.17, 15) is 9.18 Å². The summed E-state index contributed by atoms with van der Waals surface area (Å²) in [4.78, 5) is 17.3. The number of benzene rings is 2. The second kappa shape index (κ2) is 10.7. The van der Waals surface area contributed by atoms with E-state index in [0.717, 1.165) is 24.2 Å². The van der Waals surface area contributed by atoms with Crippen molar-refractivity contribution >= 4 is 5.91 Å². The molecule has 1 saturated heterocycles. The number of amides is 1. The summed E-state index contributed by atoms with van der Waals surface area (Å²) in [5, 5.41) is 3.94. The van der Waals surface area contributed by atoms with Gasteiger partial charge in [0.25, 0.3) is 5.91 Å². The molecule has 0 radical (unpaired) electrons. The highest BCUT2D eigenvalue weighted by Gasteiger charge is 2.22. The second-order valence-corrected chi connectivity index (χ2v) is 8.47. The predicted molar refractivity (Wildman–Crippen MR) is 126 cm³/mol. The lowest BCUT2D eigenvalue weighted by Crippen LogP contribution is -2.35. The zero-order valence-corrected chi connectivity index (χ0v) is 19.8. The minimum atomic E-state index is -0.191. The van der Waals surface area contributed by atoms with E-state index in [1.165, 1.54) is 6.07 Å². The van der Waals surface area contributed by atoms with Crippen molar-refractivity contribution < 1.29 is 23.2 Å². The van der Waals surface area contributed by atoms with Crippen molar-refractivity contribution in [2.24, 2.45) is 0 Å². The molecule has 0 unspecified atom stereocenters. The molecule has 4 rings (SSSR count). The second-order valence-electron chi connectivity index (χ2n) is 8.47. The average molecular weight is 468 g/mol. The van der Waals surface area contributed by atoms with E-state index >= 15 is 0 Å². The number of aryl methyl sites for hydroxylation is 2. The average Bonchev–Trinajstić information content (AvgIpc) is 3.02. The van der Waals surface area contributed by atoms with Crippen LogP contribution in [0.15, 0.2) is 47.0 Å². The van der Waals surface area contributed by atoms with Crippen LogP contribution in [0.25, 0.3) is 0 Å². The maximum atomic E-state index is 14.0. The molecule has 7 nitrogen and oxygen atoms in total.